The van der Waals surface area contributed by atoms with Crippen molar-refractivity contribution in [3.63, 3.8) is 0 Å². The molecule has 2 heterocycles. The highest BCUT2D eigenvalue weighted by Gasteiger charge is 2.36. The third kappa shape index (κ3) is 1.91. The van der Waals surface area contributed by atoms with Crippen LogP contribution in [-0.2, 0) is 4.74 Å². The number of nitrogen functional groups attached to an aromatic ring is 1. The number of halogens is 1. The van der Waals surface area contributed by atoms with E-state index in [1.165, 1.54) is 16.8 Å². The molecule has 1 aliphatic rings. The summed E-state index contributed by atoms with van der Waals surface area (Å²) in [6.07, 6.45) is -1.46. The minimum Gasteiger partial charge on any atom is -0.394 e. The summed E-state index contributed by atoms with van der Waals surface area (Å²) in [6.45, 7) is -0.408. The monoisotopic (exact) mass is 229 g/mol. The van der Waals surface area contributed by atoms with Crippen molar-refractivity contribution in [3.05, 3.63) is 22.7 Å². The van der Waals surface area contributed by atoms with Crippen molar-refractivity contribution >= 4 is 5.82 Å². The van der Waals surface area contributed by atoms with E-state index in [9.17, 15) is 9.18 Å². The van der Waals surface area contributed by atoms with Crippen molar-refractivity contribution < 1.29 is 14.2 Å². The van der Waals surface area contributed by atoms with E-state index >= 15 is 0 Å². The Labute approximate surface area is 90.5 Å². The first kappa shape index (κ1) is 11.0. The molecule has 2 rings (SSSR count). The molecule has 1 saturated heterocycles. The maximum absolute atomic E-state index is 13.3. The van der Waals surface area contributed by atoms with Crippen LogP contribution in [0.2, 0.25) is 0 Å². The van der Waals surface area contributed by atoms with Crippen molar-refractivity contribution in [1.82, 2.24) is 9.55 Å². The van der Waals surface area contributed by atoms with E-state index in [0.717, 1.165) is 0 Å². The van der Waals surface area contributed by atoms with Gasteiger partial charge < -0.3 is 15.6 Å². The lowest BCUT2D eigenvalue weighted by molar-refractivity contribution is -0.0355. The quantitative estimate of drug-likeness (QED) is 0.709. The summed E-state index contributed by atoms with van der Waals surface area (Å²) in [5, 5.41) is 8.83. The first-order chi connectivity index (χ1) is 7.61. The molecule has 0 radical (unpaired) electrons. The fraction of sp³-hybridized carbons (Fsp3) is 0.556. The second kappa shape index (κ2) is 4.18. The van der Waals surface area contributed by atoms with Crippen molar-refractivity contribution in [2.75, 3.05) is 12.3 Å². The molecular weight excluding hydrogens is 217 g/mol. The minimum atomic E-state index is -1.28. The number of hydrogen-bond donors (Lipinski definition) is 2. The van der Waals surface area contributed by atoms with Crippen LogP contribution in [0.15, 0.2) is 17.1 Å². The largest absolute Gasteiger partial charge is 0.394 e. The molecule has 3 atom stereocenters. The van der Waals surface area contributed by atoms with Gasteiger partial charge in [0.1, 0.15) is 24.3 Å². The van der Waals surface area contributed by atoms with Gasteiger partial charge in [-0.2, -0.15) is 4.98 Å². The summed E-state index contributed by atoms with van der Waals surface area (Å²) >= 11 is 0. The van der Waals surface area contributed by atoms with Gasteiger partial charge in [0, 0.05) is 12.6 Å². The molecule has 6 nitrogen and oxygen atoms in total. The highest BCUT2D eigenvalue weighted by atomic mass is 19.1. The summed E-state index contributed by atoms with van der Waals surface area (Å²) in [5.74, 6) is 0.106. The van der Waals surface area contributed by atoms with E-state index in [4.69, 9.17) is 15.6 Å². The van der Waals surface area contributed by atoms with Gasteiger partial charge in [0.05, 0.1) is 6.61 Å². The lowest BCUT2D eigenvalue weighted by atomic mass is 10.2. The van der Waals surface area contributed by atoms with E-state index in [0.29, 0.717) is 0 Å². The Bertz CT molecular complexity index is 436. The van der Waals surface area contributed by atoms with Crippen LogP contribution in [-0.4, -0.2) is 33.5 Å². The zero-order valence-corrected chi connectivity index (χ0v) is 8.41. The maximum Gasteiger partial charge on any atom is 0.351 e. The third-order valence-corrected chi connectivity index (χ3v) is 2.50. The normalized spacial score (nSPS) is 29.5. The zero-order valence-electron chi connectivity index (χ0n) is 8.41. The van der Waals surface area contributed by atoms with Crippen LogP contribution >= 0.6 is 0 Å². The summed E-state index contributed by atoms with van der Waals surface area (Å²) in [4.78, 5) is 14.9. The van der Waals surface area contributed by atoms with Gasteiger partial charge in [-0.1, -0.05) is 0 Å². The second-order valence-electron chi connectivity index (χ2n) is 3.61. The summed E-state index contributed by atoms with van der Waals surface area (Å²) in [6, 6.07) is 1.43. The molecular formula is C9H12FN3O3. The Morgan fingerprint density at radius 2 is 2.50 bits per heavy atom. The predicted octanol–water partition coefficient (Wildman–Crippen LogP) is -0.557. The Kier molecular flexibility index (Phi) is 2.88. The molecule has 0 bridgehead atoms. The van der Waals surface area contributed by atoms with E-state index in [2.05, 4.69) is 4.98 Å². The lowest BCUT2D eigenvalue weighted by Crippen LogP contribution is -2.27. The smallest absolute Gasteiger partial charge is 0.351 e. The molecule has 0 spiro atoms. The minimum absolute atomic E-state index is 0.0245. The van der Waals surface area contributed by atoms with Crippen LogP contribution in [0.4, 0.5) is 10.2 Å². The average molecular weight is 229 g/mol. The maximum atomic E-state index is 13.3. The molecule has 0 saturated carbocycles. The summed E-state index contributed by atoms with van der Waals surface area (Å²) in [7, 11) is 0. The molecule has 0 amide bonds. The zero-order chi connectivity index (χ0) is 11.7. The van der Waals surface area contributed by atoms with Gasteiger partial charge in [0.2, 0.25) is 0 Å². The first-order valence-corrected chi connectivity index (χ1v) is 4.87. The van der Waals surface area contributed by atoms with Crippen LogP contribution in [0.1, 0.15) is 12.6 Å². The van der Waals surface area contributed by atoms with Crippen molar-refractivity contribution in [3.8, 4) is 0 Å². The van der Waals surface area contributed by atoms with Crippen molar-refractivity contribution in [1.29, 1.82) is 0 Å². The van der Waals surface area contributed by atoms with E-state index in [-0.39, 0.29) is 12.2 Å². The number of hydrogen-bond acceptors (Lipinski definition) is 5. The molecule has 0 aromatic carbocycles. The lowest BCUT2D eigenvalue weighted by Gasteiger charge is -2.13. The van der Waals surface area contributed by atoms with Gasteiger partial charge in [-0.15, -0.1) is 0 Å². The number of aliphatic hydroxyl groups is 1. The number of nitrogens with zero attached hydrogens (tertiary/aromatic N) is 2. The fourth-order valence-electron chi connectivity index (χ4n) is 1.67. The van der Waals surface area contributed by atoms with Crippen LogP contribution in [0.25, 0.3) is 0 Å². The number of alkyl halides is 1. The van der Waals surface area contributed by atoms with Gasteiger partial charge in [0.15, 0.2) is 0 Å². The highest BCUT2D eigenvalue weighted by molar-refractivity contribution is 5.23. The molecule has 0 unspecified atom stereocenters. The van der Waals surface area contributed by atoms with Crippen molar-refractivity contribution in [2.24, 2.45) is 0 Å². The molecule has 0 aliphatic carbocycles. The Balaban J connectivity index is 2.23. The molecule has 1 fully saturated rings. The Hall–Kier alpha value is -1.47. The number of anilines is 1. The number of ether oxygens (including phenoxy) is 1. The Morgan fingerprint density at radius 1 is 1.75 bits per heavy atom. The van der Waals surface area contributed by atoms with E-state index in [1.54, 1.807) is 0 Å². The van der Waals surface area contributed by atoms with Gasteiger partial charge in [-0.25, -0.2) is 9.18 Å². The van der Waals surface area contributed by atoms with Gasteiger partial charge in [-0.05, 0) is 6.07 Å². The van der Waals surface area contributed by atoms with E-state index in [1.807, 2.05) is 0 Å². The van der Waals surface area contributed by atoms with Gasteiger partial charge >= 0.3 is 5.69 Å². The second-order valence-corrected chi connectivity index (χ2v) is 3.61. The molecule has 1 aromatic heterocycles. The molecule has 7 heteroatoms. The van der Waals surface area contributed by atoms with Crippen LogP contribution in [0.5, 0.6) is 0 Å². The number of nitrogens with two attached hydrogens (primary N) is 1. The molecule has 88 valence electrons. The van der Waals surface area contributed by atoms with Gasteiger partial charge in [0.25, 0.3) is 0 Å². The number of rotatable bonds is 2. The predicted molar refractivity (Wildman–Crippen MR) is 53.4 cm³/mol. The number of aromatic nitrogens is 2. The fourth-order valence-corrected chi connectivity index (χ4v) is 1.67. The molecule has 1 aliphatic heterocycles. The molecule has 1 aromatic rings. The third-order valence-electron chi connectivity index (χ3n) is 2.50. The van der Waals surface area contributed by atoms with E-state index < -0.39 is 30.8 Å². The number of aliphatic hydroxyl groups excluding tert-OH is 1. The molecule has 3 N–H and O–H groups in total. The van der Waals surface area contributed by atoms with Crippen LogP contribution < -0.4 is 11.4 Å². The Morgan fingerprint density at radius 3 is 3.06 bits per heavy atom. The average Bonchev–Trinajstić information content (AvgIpc) is 2.59. The summed E-state index contributed by atoms with van der Waals surface area (Å²) < 4.78 is 19.6. The molecule has 16 heavy (non-hydrogen) atoms. The summed E-state index contributed by atoms with van der Waals surface area (Å²) in [5.41, 5.74) is 4.74. The van der Waals surface area contributed by atoms with Crippen molar-refractivity contribution in [2.45, 2.75) is 24.9 Å². The highest BCUT2D eigenvalue weighted by Crippen LogP contribution is 2.29. The first-order valence-electron chi connectivity index (χ1n) is 4.87. The van der Waals surface area contributed by atoms with Gasteiger partial charge in [-0.3, -0.25) is 4.57 Å². The van der Waals surface area contributed by atoms with Crippen LogP contribution in [0.3, 0.4) is 0 Å². The topological polar surface area (TPSA) is 90.4 Å². The van der Waals surface area contributed by atoms with Crippen LogP contribution in [0, 0.1) is 0 Å². The SMILES string of the molecule is Nc1ccn([C@H]2C[C@H](F)[C@H](CO)O2)c(=O)n1. The standard InChI is InChI=1S/C9H12FN3O3/c10-5-3-8(16-6(5)4-14)13-2-1-7(11)12-9(13)15/h1-2,5-6,8,14H,3-4H2,(H2,11,12,15)/t5-,6-,8+/m0/s1.